The molecule has 2 saturated heterocycles. The molecule has 19 heavy (non-hydrogen) atoms. The first-order valence-corrected chi connectivity index (χ1v) is 7.21. The molecule has 1 spiro atoms. The zero-order valence-corrected chi connectivity index (χ0v) is 11.6. The lowest BCUT2D eigenvalue weighted by Gasteiger charge is -2.44. The molecule has 0 bridgehead atoms. The molecule has 4 heteroatoms. The lowest BCUT2D eigenvalue weighted by atomic mass is 9.77. The molecule has 1 aromatic rings. The Kier molecular flexibility index (Phi) is 3.65. The van der Waals surface area contributed by atoms with Crippen LogP contribution in [0.25, 0.3) is 0 Å². The summed E-state index contributed by atoms with van der Waals surface area (Å²) in [6, 6.07) is 2.11. The molecule has 3 rings (SSSR count). The van der Waals surface area contributed by atoms with Crippen molar-refractivity contribution >= 4 is 0 Å². The molecule has 0 radical (unpaired) electrons. The first-order chi connectivity index (χ1) is 9.19. The molecule has 2 fully saturated rings. The first kappa shape index (κ1) is 13.2. The molecule has 0 aromatic carbocycles. The number of ether oxygens (including phenoxy) is 2. The van der Waals surface area contributed by atoms with Gasteiger partial charge in [-0.3, -0.25) is 0 Å². The highest BCUT2D eigenvalue weighted by molar-refractivity contribution is 5.17. The summed E-state index contributed by atoms with van der Waals surface area (Å²) < 4.78 is 16.9. The number of hydrogen-bond donors (Lipinski definition) is 1. The monoisotopic (exact) mass is 265 g/mol. The molecule has 4 nitrogen and oxygen atoms in total. The first-order valence-electron chi connectivity index (χ1n) is 7.21. The van der Waals surface area contributed by atoms with E-state index in [2.05, 4.69) is 6.07 Å². The summed E-state index contributed by atoms with van der Waals surface area (Å²) >= 11 is 0. The fourth-order valence-corrected chi connectivity index (χ4v) is 3.37. The quantitative estimate of drug-likeness (QED) is 0.893. The fraction of sp³-hybridized carbons (Fsp3) is 0.733. The molecule has 2 N–H and O–H groups in total. The fourth-order valence-electron chi connectivity index (χ4n) is 3.37. The van der Waals surface area contributed by atoms with E-state index >= 15 is 0 Å². The summed E-state index contributed by atoms with van der Waals surface area (Å²) in [5.41, 5.74) is 7.55. The van der Waals surface area contributed by atoms with Crippen molar-refractivity contribution in [2.24, 2.45) is 11.7 Å². The van der Waals surface area contributed by atoms with Crippen LogP contribution in [-0.4, -0.2) is 25.4 Å². The van der Waals surface area contributed by atoms with E-state index in [1.807, 2.05) is 6.92 Å². The predicted octanol–water partition coefficient (Wildman–Crippen LogP) is 2.56. The van der Waals surface area contributed by atoms with Crippen LogP contribution in [0.1, 0.15) is 43.0 Å². The number of furan rings is 1. The van der Waals surface area contributed by atoms with Crippen molar-refractivity contribution in [2.75, 3.05) is 19.8 Å². The third kappa shape index (κ3) is 2.71. The zero-order valence-electron chi connectivity index (χ0n) is 11.6. The second-order valence-corrected chi connectivity index (χ2v) is 5.91. The molecular formula is C15H23NO3. The van der Waals surface area contributed by atoms with E-state index in [0.717, 1.165) is 56.8 Å². The smallest absolute Gasteiger partial charge is 0.101 e. The summed E-state index contributed by atoms with van der Waals surface area (Å²) in [7, 11) is 0. The lowest BCUT2D eigenvalue weighted by Crippen LogP contribution is -2.46. The highest BCUT2D eigenvalue weighted by Crippen LogP contribution is 2.41. The lowest BCUT2D eigenvalue weighted by molar-refractivity contribution is -0.149. The summed E-state index contributed by atoms with van der Waals surface area (Å²) in [6.07, 6.45) is 5.88. The summed E-state index contributed by atoms with van der Waals surface area (Å²) in [6.45, 7) is 4.40. The van der Waals surface area contributed by atoms with Crippen molar-refractivity contribution in [1.82, 2.24) is 0 Å². The summed E-state index contributed by atoms with van der Waals surface area (Å²) in [5.74, 6) is 1.40. The zero-order chi connectivity index (χ0) is 13.3. The minimum Gasteiger partial charge on any atom is -0.469 e. The minimum atomic E-state index is 0.0115. The molecule has 2 atom stereocenters. The van der Waals surface area contributed by atoms with Crippen LogP contribution in [0.2, 0.25) is 0 Å². The average Bonchev–Trinajstić information content (AvgIpc) is 2.85. The molecular weight excluding hydrogens is 242 g/mol. The minimum absolute atomic E-state index is 0.0115. The van der Waals surface area contributed by atoms with E-state index < -0.39 is 0 Å². The number of hydrogen-bond acceptors (Lipinski definition) is 4. The van der Waals surface area contributed by atoms with E-state index in [4.69, 9.17) is 19.6 Å². The van der Waals surface area contributed by atoms with E-state index in [1.54, 1.807) is 6.26 Å². The van der Waals surface area contributed by atoms with Gasteiger partial charge >= 0.3 is 0 Å². The molecule has 0 saturated carbocycles. The Hall–Kier alpha value is -0.840. The molecule has 106 valence electrons. The second kappa shape index (κ2) is 5.27. The van der Waals surface area contributed by atoms with Crippen LogP contribution in [0.4, 0.5) is 0 Å². The van der Waals surface area contributed by atoms with E-state index in [1.165, 1.54) is 0 Å². The van der Waals surface area contributed by atoms with Gasteiger partial charge in [-0.15, -0.1) is 0 Å². The Balaban J connectivity index is 1.70. The van der Waals surface area contributed by atoms with Gasteiger partial charge in [0.2, 0.25) is 0 Å². The highest BCUT2D eigenvalue weighted by atomic mass is 16.5. The van der Waals surface area contributed by atoms with Gasteiger partial charge in [0, 0.05) is 31.4 Å². The van der Waals surface area contributed by atoms with Crippen LogP contribution >= 0.6 is 0 Å². The van der Waals surface area contributed by atoms with Crippen LogP contribution in [0.5, 0.6) is 0 Å². The van der Waals surface area contributed by atoms with Crippen LogP contribution < -0.4 is 5.73 Å². The highest BCUT2D eigenvalue weighted by Gasteiger charge is 2.40. The van der Waals surface area contributed by atoms with Gasteiger partial charge in [0.15, 0.2) is 0 Å². The van der Waals surface area contributed by atoms with E-state index in [0.29, 0.717) is 5.92 Å². The van der Waals surface area contributed by atoms with Gasteiger partial charge in [0.1, 0.15) is 5.76 Å². The average molecular weight is 265 g/mol. The Morgan fingerprint density at radius 1 is 1.32 bits per heavy atom. The van der Waals surface area contributed by atoms with Crippen LogP contribution in [0.3, 0.4) is 0 Å². The SMILES string of the molecule is Cc1cc(C(N)C2CCOC3(CCOCC3)C2)co1. The standard InChI is InChI=1S/C15H23NO3/c1-11-8-13(10-18-11)14(16)12-2-5-19-15(9-12)3-6-17-7-4-15/h8,10,12,14H,2-7,9,16H2,1H3. The Morgan fingerprint density at radius 2 is 2.11 bits per heavy atom. The molecule has 0 amide bonds. The third-order valence-corrected chi connectivity index (χ3v) is 4.58. The maximum absolute atomic E-state index is 6.43. The second-order valence-electron chi connectivity index (χ2n) is 5.91. The van der Waals surface area contributed by atoms with E-state index in [9.17, 15) is 0 Å². The molecule has 3 heterocycles. The Bertz CT molecular complexity index is 417. The molecule has 0 aliphatic carbocycles. The van der Waals surface area contributed by atoms with Crippen molar-refractivity contribution in [3.8, 4) is 0 Å². The van der Waals surface area contributed by atoms with Gasteiger partial charge in [0.05, 0.1) is 11.9 Å². The van der Waals surface area contributed by atoms with E-state index in [-0.39, 0.29) is 11.6 Å². The van der Waals surface area contributed by atoms with Gasteiger partial charge in [-0.05, 0) is 44.6 Å². The Labute approximate surface area is 114 Å². The van der Waals surface area contributed by atoms with Crippen LogP contribution in [-0.2, 0) is 9.47 Å². The molecule has 2 aliphatic rings. The summed E-state index contributed by atoms with van der Waals surface area (Å²) in [4.78, 5) is 0. The third-order valence-electron chi connectivity index (χ3n) is 4.58. The van der Waals surface area contributed by atoms with Crippen molar-refractivity contribution in [3.05, 3.63) is 23.7 Å². The van der Waals surface area contributed by atoms with Gasteiger partial charge in [-0.25, -0.2) is 0 Å². The normalized spacial score (nSPS) is 28.4. The van der Waals surface area contributed by atoms with Gasteiger partial charge < -0.3 is 19.6 Å². The van der Waals surface area contributed by atoms with Crippen molar-refractivity contribution < 1.29 is 13.9 Å². The Morgan fingerprint density at radius 3 is 2.79 bits per heavy atom. The predicted molar refractivity (Wildman–Crippen MR) is 71.8 cm³/mol. The topological polar surface area (TPSA) is 57.6 Å². The molecule has 1 aromatic heterocycles. The van der Waals surface area contributed by atoms with Crippen molar-refractivity contribution in [1.29, 1.82) is 0 Å². The van der Waals surface area contributed by atoms with Gasteiger partial charge in [0.25, 0.3) is 0 Å². The number of aryl methyl sites for hydroxylation is 1. The number of rotatable bonds is 2. The van der Waals surface area contributed by atoms with Gasteiger partial charge in [-0.1, -0.05) is 0 Å². The van der Waals surface area contributed by atoms with Gasteiger partial charge in [-0.2, -0.15) is 0 Å². The largest absolute Gasteiger partial charge is 0.469 e. The maximum Gasteiger partial charge on any atom is 0.101 e. The van der Waals surface area contributed by atoms with Crippen molar-refractivity contribution in [3.63, 3.8) is 0 Å². The number of nitrogens with two attached hydrogens (primary N) is 1. The van der Waals surface area contributed by atoms with Crippen LogP contribution in [0, 0.1) is 12.8 Å². The summed E-state index contributed by atoms with van der Waals surface area (Å²) in [5, 5.41) is 0. The van der Waals surface area contributed by atoms with Crippen LogP contribution in [0.15, 0.2) is 16.7 Å². The van der Waals surface area contributed by atoms with Crippen molar-refractivity contribution in [2.45, 2.75) is 44.2 Å². The maximum atomic E-state index is 6.43. The molecule has 2 unspecified atom stereocenters. The molecule has 2 aliphatic heterocycles.